The lowest BCUT2D eigenvalue weighted by Gasteiger charge is -2.02. The predicted octanol–water partition coefficient (Wildman–Crippen LogP) is 5.05. The Labute approximate surface area is 135 Å². The molecule has 22 heavy (non-hydrogen) atoms. The molecule has 0 amide bonds. The molecular formula is C19H32O3. The molecule has 1 aliphatic rings. The number of aliphatic hydroxyl groups is 1. The summed E-state index contributed by atoms with van der Waals surface area (Å²) in [5, 5.41) is 9.69. The van der Waals surface area contributed by atoms with Gasteiger partial charge in [0.05, 0.1) is 5.57 Å². The molecule has 126 valence electrons. The Morgan fingerprint density at radius 3 is 1.95 bits per heavy atom. The lowest BCUT2D eigenvalue weighted by atomic mass is 10.0. The molecule has 3 nitrogen and oxygen atoms in total. The van der Waals surface area contributed by atoms with E-state index in [1.165, 1.54) is 64.2 Å². The minimum absolute atomic E-state index is 0.148. The Morgan fingerprint density at radius 2 is 1.50 bits per heavy atom. The van der Waals surface area contributed by atoms with Gasteiger partial charge in [-0.1, -0.05) is 83.8 Å². The number of esters is 1. The topological polar surface area (TPSA) is 46.5 Å². The summed E-state index contributed by atoms with van der Waals surface area (Å²) in [6.45, 7) is 5.76. The van der Waals surface area contributed by atoms with Crippen LogP contribution < -0.4 is 0 Å². The normalized spacial score (nSPS) is 19.9. The highest BCUT2D eigenvalue weighted by Gasteiger charge is 2.32. The van der Waals surface area contributed by atoms with Gasteiger partial charge in [-0.05, 0) is 12.8 Å². The summed E-state index contributed by atoms with van der Waals surface area (Å²) in [7, 11) is 0. The minimum atomic E-state index is -0.930. The lowest BCUT2D eigenvalue weighted by molar-refractivity contribution is -0.132. The lowest BCUT2D eigenvalue weighted by Crippen LogP contribution is -2.07. The summed E-state index contributed by atoms with van der Waals surface area (Å²) >= 11 is 0. The second kappa shape index (κ2) is 11.5. The van der Waals surface area contributed by atoms with Crippen LogP contribution in [-0.2, 0) is 9.53 Å². The van der Waals surface area contributed by atoms with E-state index in [0.717, 1.165) is 12.8 Å². The number of carbonyl (C=O) groups excluding carboxylic acids is 1. The Hall–Kier alpha value is -1.09. The molecule has 1 N–H and O–H groups in total. The summed E-state index contributed by atoms with van der Waals surface area (Å²) < 4.78 is 4.79. The molecule has 0 unspecified atom stereocenters. The summed E-state index contributed by atoms with van der Waals surface area (Å²) in [4.78, 5) is 11.4. The highest BCUT2D eigenvalue weighted by molar-refractivity contribution is 5.93. The number of allylic oxidation sites excluding steroid dienone is 1. The van der Waals surface area contributed by atoms with E-state index in [1.54, 1.807) is 6.08 Å². The number of hydrogen-bond donors (Lipinski definition) is 1. The molecular weight excluding hydrogens is 276 g/mol. The number of rotatable bonds is 12. The summed E-state index contributed by atoms with van der Waals surface area (Å²) in [5.41, 5.74) is 0.358. The van der Waals surface area contributed by atoms with Gasteiger partial charge in [0.25, 0.3) is 0 Å². The van der Waals surface area contributed by atoms with Gasteiger partial charge in [0.1, 0.15) is 11.9 Å². The second-order valence-corrected chi connectivity index (χ2v) is 6.24. The zero-order chi connectivity index (χ0) is 16.2. The summed E-state index contributed by atoms with van der Waals surface area (Å²) in [6, 6.07) is 0. The molecule has 1 rings (SSSR count). The highest BCUT2D eigenvalue weighted by Crippen LogP contribution is 2.23. The van der Waals surface area contributed by atoms with Gasteiger partial charge in [-0.3, -0.25) is 0 Å². The van der Waals surface area contributed by atoms with Gasteiger partial charge >= 0.3 is 5.97 Å². The molecule has 0 aromatic heterocycles. The maximum absolute atomic E-state index is 11.4. The maximum Gasteiger partial charge on any atom is 0.341 e. The molecule has 0 bridgehead atoms. The first kappa shape index (κ1) is 19.0. The van der Waals surface area contributed by atoms with Gasteiger partial charge < -0.3 is 9.84 Å². The molecule has 0 radical (unpaired) electrons. The average molecular weight is 308 g/mol. The first-order valence-electron chi connectivity index (χ1n) is 8.96. The number of hydrogen-bond acceptors (Lipinski definition) is 3. The van der Waals surface area contributed by atoms with Crippen LogP contribution in [0.5, 0.6) is 0 Å². The number of cyclic esters (lactones) is 1. The van der Waals surface area contributed by atoms with Crippen LogP contribution in [0.4, 0.5) is 0 Å². The minimum Gasteiger partial charge on any atom is -0.425 e. The van der Waals surface area contributed by atoms with Crippen molar-refractivity contribution in [3.63, 3.8) is 0 Å². The number of carbonyl (C=O) groups is 1. The van der Waals surface area contributed by atoms with Crippen molar-refractivity contribution < 1.29 is 14.6 Å². The van der Waals surface area contributed by atoms with Crippen molar-refractivity contribution in [2.75, 3.05) is 0 Å². The van der Waals surface area contributed by atoms with Gasteiger partial charge in [0.2, 0.25) is 0 Å². The Balaban J connectivity index is 1.94. The van der Waals surface area contributed by atoms with Crippen molar-refractivity contribution in [3.8, 4) is 0 Å². The first-order valence-corrected chi connectivity index (χ1v) is 8.96. The van der Waals surface area contributed by atoms with Crippen LogP contribution in [0, 0.1) is 0 Å². The maximum atomic E-state index is 11.4. The van der Waals surface area contributed by atoms with Crippen LogP contribution in [0.15, 0.2) is 24.0 Å². The smallest absolute Gasteiger partial charge is 0.341 e. The number of unbranched alkanes of at least 4 members (excludes halogenated alkanes) is 11. The molecule has 3 heteroatoms. The van der Waals surface area contributed by atoms with Crippen molar-refractivity contribution >= 4 is 5.97 Å². The molecule has 0 spiro atoms. The molecule has 1 atom stereocenters. The zero-order valence-electron chi connectivity index (χ0n) is 14.1. The fraction of sp³-hybridized carbons (Fsp3) is 0.737. The third-order valence-corrected chi connectivity index (χ3v) is 4.23. The molecule has 0 saturated carbocycles. The second-order valence-electron chi connectivity index (χ2n) is 6.24. The third-order valence-electron chi connectivity index (χ3n) is 4.23. The quantitative estimate of drug-likeness (QED) is 0.312. The SMILES string of the molecule is C=C1OC(=O)/C(=C/CCCCCCCCCCCCC)[C@@H]1O. The fourth-order valence-electron chi connectivity index (χ4n) is 2.78. The van der Waals surface area contributed by atoms with Crippen LogP contribution in [0.3, 0.4) is 0 Å². The van der Waals surface area contributed by atoms with Gasteiger partial charge in [-0.2, -0.15) is 0 Å². The first-order chi connectivity index (χ1) is 10.7. The molecule has 1 aliphatic heterocycles. The van der Waals surface area contributed by atoms with Crippen LogP contribution >= 0.6 is 0 Å². The van der Waals surface area contributed by atoms with Crippen LogP contribution in [0.1, 0.15) is 84.0 Å². The molecule has 1 heterocycles. The fourth-order valence-corrected chi connectivity index (χ4v) is 2.78. The van der Waals surface area contributed by atoms with Crippen LogP contribution in [-0.4, -0.2) is 17.2 Å². The zero-order valence-corrected chi connectivity index (χ0v) is 14.1. The monoisotopic (exact) mass is 308 g/mol. The van der Waals surface area contributed by atoms with Gasteiger partial charge in [-0.15, -0.1) is 0 Å². The van der Waals surface area contributed by atoms with E-state index in [-0.39, 0.29) is 5.76 Å². The van der Waals surface area contributed by atoms with E-state index in [2.05, 4.69) is 13.5 Å². The highest BCUT2D eigenvalue weighted by atomic mass is 16.6. The van der Waals surface area contributed by atoms with Crippen molar-refractivity contribution in [2.24, 2.45) is 0 Å². The Morgan fingerprint density at radius 1 is 1.00 bits per heavy atom. The summed E-state index contributed by atoms with van der Waals surface area (Å²) in [5.74, 6) is -0.296. The molecule has 1 saturated heterocycles. The average Bonchev–Trinajstić information content (AvgIpc) is 2.74. The number of ether oxygens (including phenoxy) is 1. The van der Waals surface area contributed by atoms with Gasteiger partial charge in [0.15, 0.2) is 0 Å². The van der Waals surface area contributed by atoms with Crippen molar-refractivity contribution in [1.82, 2.24) is 0 Å². The largest absolute Gasteiger partial charge is 0.425 e. The Kier molecular flexibility index (Phi) is 9.89. The van der Waals surface area contributed by atoms with E-state index in [9.17, 15) is 9.90 Å². The molecule has 0 aromatic rings. The van der Waals surface area contributed by atoms with Crippen molar-refractivity contribution in [2.45, 2.75) is 90.1 Å². The Bertz CT molecular complexity index is 371. The van der Waals surface area contributed by atoms with Gasteiger partial charge in [0, 0.05) is 0 Å². The van der Waals surface area contributed by atoms with Crippen LogP contribution in [0.2, 0.25) is 0 Å². The molecule has 0 aromatic carbocycles. The predicted molar refractivity (Wildman–Crippen MR) is 90.4 cm³/mol. The number of aliphatic hydroxyl groups excluding tert-OH is 1. The van der Waals surface area contributed by atoms with Gasteiger partial charge in [-0.25, -0.2) is 4.79 Å². The third kappa shape index (κ3) is 7.26. The van der Waals surface area contributed by atoms with E-state index < -0.39 is 12.1 Å². The van der Waals surface area contributed by atoms with E-state index in [1.807, 2.05) is 0 Å². The molecule has 1 fully saturated rings. The van der Waals surface area contributed by atoms with Crippen molar-refractivity contribution in [3.05, 3.63) is 24.0 Å². The van der Waals surface area contributed by atoms with E-state index in [4.69, 9.17) is 4.74 Å². The standard InChI is InChI=1S/C19H32O3/c1-3-4-5-6-7-8-9-10-11-12-13-14-15-17-18(20)16(2)22-19(17)21/h15,18,20H,2-14H2,1H3/b17-15+/t18-/m1/s1. The van der Waals surface area contributed by atoms with E-state index in [0.29, 0.717) is 5.57 Å². The van der Waals surface area contributed by atoms with E-state index >= 15 is 0 Å². The van der Waals surface area contributed by atoms with Crippen LogP contribution in [0.25, 0.3) is 0 Å². The molecule has 0 aliphatic carbocycles. The summed E-state index contributed by atoms with van der Waals surface area (Å²) in [6.07, 6.45) is 16.1. The van der Waals surface area contributed by atoms with Crippen molar-refractivity contribution in [1.29, 1.82) is 0 Å².